The molecule has 0 radical (unpaired) electrons. The van der Waals surface area contributed by atoms with Gasteiger partial charge < -0.3 is 9.80 Å². The maximum absolute atomic E-state index is 13.1. The van der Waals surface area contributed by atoms with Crippen molar-refractivity contribution in [3.63, 3.8) is 0 Å². The lowest BCUT2D eigenvalue weighted by atomic mass is 10.1. The van der Waals surface area contributed by atoms with Gasteiger partial charge >= 0.3 is 6.18 Å². The molecule has 0 bridgehead atoms. The van der Waals surface area contributed by atoms with Crippen molar-refractivity contribution in [1.29, 1.82) is 0 Å². The highest BCUT2D eigenvalue weighted by Gasteiger charge is 2.32. The number of aryl methyl sites for hydroxylation is 1. The molecule has 7 nitrogen and oxygen atoms in total. The summed E-state index contributed by atoms with van der Waals surface area (Å²) >= 11 is 6.74. The van der Waals surface area contributed by atoms with E-state index in [0.29, 0.717) is 47.5 Å². The highest BCUT2D eigenvalue weighted by Crippen LogP contribution is 2.32. The largest absolute Gasteiger partial charge is 0.416 e. The maximum Gasteiger partial charge on any atom is 0.416 e. The summed E-state index contributed by atoms with van der Waals surface area (Å²) in [6.45, 7) is 2.95. The standard InChI is InChI=1S/C22H20ClF3N4O3S2/c1-14-19(34-21(27-14)28-35(32,33)18-7-5-16(23)6-8-18)20(31)30-11-9-29(10-12-30)17-4-2-3-15(13-17)22(24,25)26/h2-8,13H,9-12H2,1H3,(H,27,28). The smallest absolute Gasteiger partial charge is 0.368 e. The first-order valence-electron chi connectivity index (χ1n) is 10.4. The third-order valence-electron chi connectivity index (χ3n) is 5.44. The quantitative estimate of drug-likeness (QED) is 0.495. The molecule has 13 heteroatoms. The van der Waals surface area contributed by atoms with Crippen LogP contribution in [0.25, 0.3) is 0 Å². The Bertz CT molecular complexity index is 1340. The molecule has 2 aromatic carbocycles. The van der Waals surface area contributed by atoms with Crippen LogP contribution in [0.4, 0.5) is 24.0 Å². The lowest BCUT2D eigenvalue weighted by molar-refractivity contribution is -0.137. The van der Waals surface area contributed by atoms with Crippen molar-refractivity contribution in [2.24, 2.45) is 0 Å². The minimum Gasteiger partial charge on any atom is -0.368 e. The van der Waals surface area contributed by atoms with Crippen LogP contribution in [0.15, 0.2) is 53.4 Å². The number of aromatic nitrogens is 1. The molecule has 2 heterocycles. The molecule has 4 rings (SSSR count). The maximum atomic E-state index is 13.1. The Morgan fingerprint density at radius 2 is 1.74 bits per heavy atom. The first-order chi connectivity index (χ1) is 16.4. The van der Waals surface area contributed by atoms with Gasteiger partial charge in [0.25, 0.3) is 15.9 Å². The lowest BCUT2D eigenvalue weighted by Gasteiger charge is -2.36. The molecule has 0 spiro atoms. The molecule has 186 valence electrons. The Balaban J connectivity index is 1.43. The van der Waals surface area contributed by atoms with Gasteiger partial charge in [0.05, 0.1) is 16.2 Å². The lowest BCUT2D eigenvalue weighted by Crippen LogP contribution is -2.48. The summed E-state index contributed by atoms with van der Waals surface area (Å²) in [4.78, 5) is 20.9. The van der Waals surface area contributed by atoms with Gasteiger partial charge in [-0.25, -0.2) is 13.4 Å². The highest BCUT2D eigenvalue weighted by atomic mass is 35.5. The monoisotopic (exact) mass is 544 g/mol. The second-order valence-electron chi connectivity index (χ2n) is 7.82. The minimum absolute atomic E-state index is 0.00773. The normalized spacial score (nSPS) is 14.8. The Labute approximate surface area is 209 Å². The van der Waals surface area contributed by atoms with E-state index in [1.165, 1.54) is 30.3 Å². The van der Waals surface area contributed by atoms with E-state index in [1.54, 1.807) is 22.8 Å². The van der Waals surface area contributed by atoms with E-state index in [2.05, 4.69) is 9.71 Å². The molecule has 1 fully saturated rings. The van der Waals surface area contributed by atoms with Crippen LogP contribution in [0.2, 0.25) is 5.02 Å². The summed E-state index contributed by atoms with van der Waals surface area (Å²) in [6, 6.07) is 10.7. The number of carbonyl (C=O) groups is 1. The number of benzene rings is 2. The molecule has 0 aliphatic carbocycles. The number of alkyl halides is 3. The molecule has 1 aliphatic heterocycles. The Morgan fingerprint density at radius 3 is 2.37 bits per heavy atom. The summed E-state index contributed by atoms with van der Waals surface area (Å²) < 4.78 is 66.7. The number of halogens is 4. The number of carbonyl (C=O) groups excluding carboxylic acids is 1. The molecule has 35 heavy (non-hydrogen) atoms. The predicted octanol–water partition coefficient (Wildman–Crippen LogP) is 4.89. The van der Waals surface area contributed by atoms with E-state index < -0.39 is 21.8 Å². The van der Waals surface area contributed by atoms with E-state index in [9.17, 15) is 26.4 Å². The summed E-state index contributed by atoms with van der Waals surface area (Å²) in [5, 5.41) is 0.457. The molecule has 3 aromatic rings. The number of nitrogens with zero attached hydrogens (tertiary/aromatic N) is 3. The van der Waals surface area contributed by atoms with Gasteiger partial charge in [0.2, 0.25) is 0 Å². The van der Waals surface area contributed by atoms with Gasteiger partial charge in [-0.3, -0.25) is 9.52 Å². The Morgan fingerprint density at radius 1 is 1.09 bits per heavy atom. The molecular weight excluding hydrogens is 525 g/mol. The topological polar surface area (TPSA) is 82.6 Å². The van der Waals surface area contributed by atoms with Crippen molar-refractivity contribution in [1.82, 2.24) is 9.88 Å². The first-order valence-corrected chi connectivity index (χ1v) is 13.1. The van der Waals surface area contributed by atoms with Crippen LogP contribution >= 0.6 is 22.9 Å². The van der Waals surface area contributed by atoms with Gasteiger partial charge in [0.15, 0.2) is 5.13 Å². The fraction of sp³-hybridized carbons (Fsp3) is 0.273. The highest BCUT2D eigenvalue weighted by molar-refractivity contribution is 7.93. The van der Waals surface area contributed by atoms with Gasteiger partial charge in [0.1, 0.15) is 4.88 Å². The fourth-order valence-electron chi connectivity index (χ4n) is 3.62. The second kappa shape index (κ2) is 9.67. The Hall–Kier alpha value is -2.83. The molecule has 1 aliphatic rings. The summed E-state index contributed by atoms with van der Waals surface area (Å²) in [6.07, 6.45) is -4.43. The van der Waals surface area contributed by atoms with Gasteiger partial charge in [-0.15, -0.1) is 0 Å². The third kappa shape index (κ3) is 5.71. The van der Waals surface area contributed by atoms with Crippen LogP contribution in [0.3, 0.4) is 0 Å². The second-order valence-corrected chi connectivity index (χ2v) is 10.9. The van der Waals surface area contributed by atoms with E-state index in [0.717, 1.165) is 23.5 Å². The average Bonchev–Trinajstić information content (AvgIpc) is 3.17. The van der Waals surface area contributed by atoms with Crippen molar-refractivity contribution in [3.05, 3.63) is 69.7 Å². The third-order valence-corrected chi connectivity index (χ3v) is 8.24. The van der Waals surface area contributed by atoms with Crippen LogP contribution in [-0.2, 0) is 16.2 Å². The number of hydrogen-bond donors (Lipinski definition) is 1. The fourth-order valence-corrected chi connectivity index (χ4v) is 5.91. The SMILES string of the molecule is Cc1nc(NS(=O)(=O)c2ccc(Cl)cc2)sc1C(=O)N1CCN(c2cccc(C(F)(F)F)c2)CC1. The van der Waals surface area contributed by atoms with Gasteiger partial charge in [-0.05, 0) is 49.4 Å². The number of hydrogen-bond acceptors (Lipinski definition) is 6. The number of anilines is 2. The van der Waals surface area contributed by atoms with Crippen LogP contribution in [-0.4, -0.2) is 50.4 Å². The number of piperazine rings is 1. The van der Waals surface area contributed by atoms with Crippen molar-refractivity contribution in [2.75, 3.05) is 35.8 Å². The van der Waals surface area contributed by atoms with E-state index >= 15 is 0 Å². The average molecular weight is 545 g/mol. The summed E-state index contributed by atoms with van der Waals surface area (Å²) in [5.41, 5.74) is 0.108. The zero-order valence-corrected chi connectivity index (χ0v) is 20.7. The molecule has 1 N–H and O–H groups in total. The van der Waals surface area contributed by atoms with Crippen molar-refractivity contribution < 1.29 is 26.4 Å². The first kappa shape index (κ1) is 25.3. The summed E-state index contributed by atoms with van der Waals surface area (Å²) in [5.74, 6) is -0.305. The number of sulfonamides is 1. The van der Waals surface area contributed by atoms with Crippen LogP contribution in [0, 0.1) is 6.92 Å². The van der Waals surface area contributed by atoms with E-state index in [-0.39, 0.29) is 15.9 Å². The molecular formula is C22H20ClF3N4O3S2. The van der Waals surface area contributed by atoms with Crippen LogP contribution < -0.4 is 9.62 Å². The van der Waals surface area contributed by atoms with Gasteiger partial charge in [-0.1, -0.05) is 29.0 Å². The van der Waals surface area contributed by atoms with E-state index in [4.69, 9.17) is 11.6 Å². The van der Waals surface area contributed by atoms with E-state index in [1.807, 2.05) is 0 Å². The molecule has 0 atom stereocenters. The molecule has 1 aromatic heterocycles. The molecule has 0 unspecified atom stereocenters. The number of rotatable bonds is 5. The number of thiazole rings is 1. The minimum atomic E-state index is -4.43. The van der Waals surface area contributed by atoms with Crippen LogP contribution in [0.5, 0.6) is 0 Å². The Kier molecular flexibility index (Phi) is 6.98. The molecule has 0 saturated carbocycles. The van der Waals surface area contributed by atoms with Crippen molar-refractivity contribution >= 4 is 49.7 Å². The molecule has 1 amide bonds. The number of nitrogens with one attached hydrogen (secondary N) is 1. The van der Waals surface area contributed by atoms with Crippen LogP contribution in [0.1, 0.15) is 20.9 Å². The summed E-state index contributed by atoms with van der Waals surface area (Å²) in [7, 11) is -3.91. The zero-order valence-electron chi connectivity index (χ0n) is 18.3. The van der Waals surface area contributed by atoms with Gasteiger partial charge in [-0.2, -0.15) is 13.2 Å². The van der Waals surface area contributed by atoms with Crippen molar-refractivity contribution in [3.8, 4) is 0 Å². The zero-order chi connectivity index (χ0) is 25.4. The van der Waals surface area contributed by atoms with Gasteiger partial charge in [0, 0.05) is 36.9 Å². The predicted molar refractivity (Wildman–Crippen MR) is 129 cm³/mol. The number of amides is 1. The van der Waals surface area contributed by atoms with Crippen molar-refractivity contribution in [2.45, 2.75) is 18.0 Å². The molecule has 1 saturated heterocycles.